The maximum Gasteiger partial charge on any atom is 0.141 e. The van der Waals surface area contributed by atoms with E-state index in [1.807, 2.05) is 32.2 Å². The third kappa shape index (κ3) is 3.67. The van der Waals surface area contributed by atoms with Crippen LogP contribution in [0.5, 0.6) is 0 Å². The van der Waals surface area contributed by atoms with Crippen molar-refractivity contribution in [2.45, 2.75) is 20.3 Å². The quantitative estimate of drug-likeness (QED) is 0.817. The van der Waals surface area contributed by atoms with Gasteiger partial charge in [0.25, 0.3) is 0 Å². The van der Waals surface area contributed by atoms with E-state index in [-0.39, 0.29) is 5.92 Å². The molecule has 0 fully saturated rings. The zero-order valence-corrected chi connectivity index (χ0v) is 13.6. The SMILES string of the molecule is CSCC(C)C(=O)Cc1sc(-c2cccnc2)nc1C. The first-order chi connectivity index (χ1) is 9.61. The normalized spacial score (nSPS) is 12.3. The molecule has 0 aliphatic heterocycles. The lowest BCUT2D eigenvalue weighted by atomic mass is 10.1. The molecular formula is C15H18N2OS2. The van der Waals surface area contributed by atoms with E-state index >= 15 is 0 Å². The average molecular weight is 306 g/mol. The van der Waals surface area contributed by atoms with Crippen molar-refractivity contribution in [1.82, 2.24) is 9.97 Å². The number of carbonyl (C=O) groups excluding carboxylic acids is 1. The molecule has 3 nitrogen and oxygen atoms in total. The van der Waals surface area contributed by atoms with Crippen LogP contribution in [0.3, 0.4) is 0 Å². The number of aryl methyl sites for hydroxylation is 1. The van der Waals surface area contributed by atoms with Crippen molar-refractivity contribution in [3.63, 3.8) is 0 Å². The molecular weight excluding hydrogens is 288 g/mol. The molecule has 0 spiro atoms. The topological polar surface area (TPSA) is 42.9 Å². The fourth-order valence-corrected chi connectivity index (χ4v) is 3.63. The van der Waals surface area contributed by atoms with Gasteiger partial charge in [0.05, 0.1) is 5.69 Å². The monoisotopic (exact) mass is 306 g/mol. The third-order valence-corrected chi connectivity index (χ3v) is 5.14. The summed E-state index contributed by atoms with van der Waals surface area (Å²) < 4.78 is 0. The van der Waals surface area contributed by atoms with Gasteiger partial charge in [0.1, 0.15) is 10.8 Å². The molecule has 0 amide bonds. The molecule has 2 rings (SSSR count). The van der Waals surface area contributed by atoms with E-state index in [2.05, 4.69) is 9.97 Å². The van der Waals surface area contributed by atoms with Gasteiger partial charge in [-0.25, -0.2) is 4.98 Å². The van der Waals surface area contributed by atoms with Crippen LogP contribution >= 0.6 is 23.1 Å². The smallest absolute Gasteiger partial charge is 0.141 e. The predicted molar refractivity (Wildman–Crippen MR) is 86.3 cm³/mol. The molecule has 0 aliphatic rings. The zero-order chi connectivity index (χ0) is 14.5. The minimum absolute atomic E-state index is 0.105. The number of hydrogen-bond donors (Lipinski definition) is 0. The molecule has 1 unspecified atom stereocenters. The Labute approximate surface area is 127 Å². The Hall–Kier alpha value is -1.20. The average Bonchev–Trinajstić information content (AvgIpc) is 2.81. The van der Waals surface area contributed by atoms with Gasteiger partial charge in [0, 0.05) is 40.9 Å². The first-order valence-corrected chi connectivity index (χ1v) is 8.71. The number of thioether (sulfide) groups is 1. The van der Waals surface area contributed by atoms with Gasteiger partial charge < -0.3 is 0 Å². The molecule has 0 saturated carbocycles. The minimum atomic E-state index is 0.105. The van der Waals surface area contributed by atoms with E-state index < -0.39 is 0 Å². The van der Waals surface area contributed by atoms with Crippen LogP contribution in [0, 0.1) is 12.8 Å². The second-order valence-electron chi connectivity index (χ2n) is 4.77. The van der Waals surface area contributed by atoms with Gasteiger partial charge in [0.15, 0.2) is 0 Å². The van der Waals surface area contributed by atoms with E-state index in [9.17, 15) is 4.79 Å². The van der Waals surface area contributed by atoms with Gasteiger partial charge in [0.2, 0.25) is 0 Å². The summed E-state index contributed by atoms with van der Waals surface area (Å²) in [4.78, 5) is 21.9. The predicted octanol–water partition coefficient (Wildman–Crippen LogP) is 3.62. The lowest BCUT2D eigenvalue weighted by Crippen LogP contribution is -2.15. The molecule has 0 saturated heterocycles. The summed E-state index contributed by atoms with van der Waals surface area (Å²) in [6.45, 7) is 3.97. The van der Waals surface area contributed by atoms with E-state index in [0.29, 0.717) is 12.2 Å². The lowest BCUT2D eigenvalue weighted by Gasteiger charge is -2.07. The molecule has 5 heteroatoms. The molecule has 2 aromatic heterocycles. The highest BCUT2D eigenvalue weighted by Gasteiger charge is 2.17. The largest absolute Gasteiger partial charge is 0.299 e. The number of pyridine rings is 1. The van der Waals surface area contributed by atoms with E-state index in [0.717, 1.165) is 26.9 Å². The highest BCUT2D eigenvalue weighted by Crippen LogP contribution is 2.28. The number of thiazole rings is 1. The number of ketones is 1. The molecule has 2 heterocycles. The summed E-state index contributed by atoms with van der Waals surface area (Å²) in [6, 6.07) is 3.89. The standard InChI is InChI=1S/C15H18N2OS2/c1-10(9-19-3)13(18)7-14-11(2)17-15(20-14)12-5-4-6-16-8-12/h4-6,8,10H,7,9H2,1-3H3. The Morgan fingerprint density at radius 1 is 1.50 bits per heavy atom. The fraction of sp³-hybridized carbons (Fsp3) is 0.400. The van der Waals surface area contributed by atoms with Crippen LogP contribution in [0.15, 0.2) is 24.5 Å². The van der Waals surface area contributed by atoms with Crippen LogP contribution < -0.4 is 0 Å². The van der Waals surface area contributed by atoms with Crippen LogP contribution in [0.25, 0.3) is 10.6 Å². The molecule has 106 valence electrons. The van der Waals surface area contributed by atoms with Crippen molar-refractivity contribution < 1.29 is 4.79 Å². The molecule has 1 atom stereocenters. The zero-order valence-electron chi connectivity index (χ0n) is 11.9. The number of aromatic nitrogens is 2. The van der Waals surface area contributed by atoms with Crippen LogP contribution in [0.2, 0.25) is 0 Å². The number of carbonyl (C=O) groups is 1. The van der Waals surface area contributed by atoms with Crippen LogP contribution in [-0.2, 0) is 11.2 Å². The molecule has 2 aromatic rings. The lowest BCUT2D eigenvalue weighted by molar-refractivity contribution is -0.121. The first kappa shape index (κ1) is 15.2. The Bertz CT molecular complexity index is 581. The summed E-state index contributed by atoms with van der Waals surface area (Å²) in [7, 11) is 0. The summed E-state index contributed by atoms with van der Waals surface area (Å²) in [5.41, 5.74) is 1.97. The van der Waals surface area contributed by atoms with Crippen molar-refractivity contribution in [2.75, 3.05) is 12.0 Å². The molecule has 0 bridgehead atoms. The van der Waals surface area contributed by atoms with Crippen LogP contribution in [-0.4, -0.2) is 27.8 Å². The molecule has 0 aliphatic carbocycles. The van der Waals surface area contributed by atoms with E-state index in [1.54, 1.807) is 35.5 Å². The van der Waals surface area contributed by atoms with Crippen molar-refractivity contribution in [1.29, 1.82) is 0 Å². The maximum absolute atomic E-state index is 12.2. The Kier molecular flexibility index (Phi) is 5.31. The number of hydrogen-bond acceptors (Lipinski definition) is 5. The summed E-state index contributed by atoms with van der Waals surface area (Å²) in [5.74, 6) is 1.28. The molecule has 0 radical (unpaired) electrons. The third-order valence-electron chi connectivity index (χ3n) is 3.10. The minimum Gasteiger partial charge on any atom is -0.299 e. The number of nitrogens with zero attached hydrogens (tertiary/aromatic N) is 2. The van der Waals surface area contributed by atoms with Crippen molar-refractivity contribution >= 4 is 28.9 Å². The van der Waals surface area contributed by atoms with Gasteiger partial charge in [-0.3, -0.25) is 9.78 Å². The Morgan fingerprint density at radius 2 is 2.30 bits per heavy atom. The van der Waals surface area contributed by atoms with E-state index in [1.165, 1.54) is 0 Å². The van der Waals surface area contributed by atoms with Gasteiger partial charge in [-0.15, -0.1) is 11.3 Å². The van der Waals surface area contributed by atoms with Gasteiger partial charge in [-0.05, 0) is 25.3 Å². The Morgan fingerprint density at radius 3 is 2.95 bits per heavy atom. The van der Waals surface area contributed by atoms with Crippen molar-refractivity contribution in [3.05, 3.63) is 35.1 Å². The van der Waals surface area contributed by atoms with Gasteiger partial charge in [-0.1, -0.05) is 6.92 Å². The van der Waals surface area contributed by atoms with Gasteiger partial charge in [-0.2, -0.15) is 11.8 Å². The van der Waals surface area contributed by atoms with Crippen LogP contribution in [0.1, 0.15) is 17.5 Å². The van der Waals surface area contributed by atoms with Crippen molar-refractivity contribution in [2.24, 2.45) is 5.92 Å². The number of Topliss-reactive ketones (excluding diaryl/α,β-unsaturated/α-hetero) is 1. The summed E-state index contributed by atoms with van der Waals surface area (Å²) >= 11 is 3.31. The second-order valence-corrected chi connectivity index (χ2v) is 6.76. The summed E-state index contributed by atoms with van der Waals surface area (Å²) in [6.07, 6.45) is 6.08. The molecule has 0 N–H and O–H groups in total. The van der Waals surface area contributed by atoms with Crippen LogP contribution in [0.4, 0.5) is 0 Å². The second kappa shape index (κ2) is 6.99. The highest BCUT2D eigenvalue weighted by atomic mass is 32.2. The van der Waals surface area contributed by atoms with Gasteiger partial charge >= 0.3 is 0 Å². The summed E-state index contributed by atoms with van der Waals surface area (Å²) in [5, 5.41) is 0.941. The Balaban J connectivity index is 2.14. The first-order valence-electron chi connectivity index (χ1n) is 6.50. The van der Waals surface area contributed by atoms with Crippen molar-refractivity contribution in [3.8, 4) is 10.6 Å². The highest BCUT2D eigenvalue weighted by molar-refractivity contribution is 7.98. The fourth-order valence-electron chi connectivity index (χ4n) is 1.88. The molecule has 20 heavy (non-hydrogen) atoms. The maximum atomic E-state index is 12.2. The number of rotatable bonds is 6. The molecule has 0 aromatic carbocycles. The van der Waals surface area contributed by atoms with E-state index in [4.69, 9.17) is 0 Å².